The first-order valence-electron chi connectivity index (χ1n) is 10.6. The van der Waals surface area contributed by atoms with Crippen LogP contribution in [-0.2, 0) is 14.8 Å². The fourth-order valence-electron chi connectivity index (χ4n) is 3.67. The normalized spacial score (nSPS) is 16.2. The molecule has 1 unspecified atom stereocenters. The fraction of sp³-hybridized carbons (Fsp3) is 0.500. The Balaban J connectivity index is 1.73. The summed E-state index contributed by atoms with van der Waals surface area (Å²) in [5, 5.41) is 0. The van der Waals surface area contributed by atoms with Gasteiger partial charge in [-0.2, -0.15) is 0 Å². The molecule has 0 aliphatic carbocycles. The maximum atomic E-state index is 12.9. The van der Waals surface area contributed by atoms with Crippen molar-refractivity contribution in [1.82, 2.24) is 14.5 Å². The molecule has 2 heterocycles. The third-order valence-electron chi connectivity index (χ3n) is 5.50. The Bertz CT molecular complexity index is 961. The van der Waals surface area contributed by atoms with Crippen LogP contribution in [-0.4, -0.2) is 70.1 Å². The van der Waals surface area contributed by atoms with E-state index in [-0.39, 0.29) is 23.4 Å². The predicted molar refractivity (Wildman–Crippen MR) is 117 cm³/mol. The van der Waals surface area contributed by atoms with E-state index in [1.165, 1.54) is 12.1 Å². The Morgan fingerprint density at radius 3 is 2.29 bits per heavy atom. The highest BCUT2D eigenvalue weighted by atomic mass is 32.2. The number of sulfonamides is 1. The first-order chi connectivity index (χ1) is 14.9. The van der Waals surface area contributed by atoms with Crippen molar-refractivity contribution in [2.45, 2.75) is 31.7 Å². The molecular formula is C22H31N3O5S. The average molecular weight is 450 g/mol. The molecule has 2 aromatic rings. The minimum absolute atomic E-state index is 0.109. The van der Waals surface area contributed by atoms with Crippen LogP contribution in [0.2, 0.25) is 0 Å². The van der Waals surface area contributed by atoms with E-state index in [0.29, 0.717) is 45.0 Å². The van der Waals surface area contributed by atoms with Crippen LogP contribution in [0.4, 0.5) is 0 Å². The topological polar surface area (TPSA) is 92.1 Å². The molecular weight excluding hydrogens is 418 g/mol. The summed E-state index contributed by atoms with van der Waals surface area (Å²) < 4.78 is 39.7. The number of nitrogens with one attached hydrogen (secondary N) is 1. The lowest BCUT2D eigenvalue weighted by Gasteiger charge is -2.33. The highest BCUT2D eigenvalue weighted by molar-refractivity contribution is 7.89. The van der Waals surface area contributed by atoms with Crippen LogP contribution in [0.25, 0.3) is 0 Å². The van der Waals surface area contributed by atoms with E-state index in [1.807, 2.05) is 32.9 Å². The van der Waals surface area contributed by atoms with Gasteiger partial charge >= 0.3 is 0 Å². The minimum atomic E-state index is -3.74. The van der Waals surface area contributed by atoms with Gasteiger partial charge in [-0.15, -0.1) is 0 Å². The van der Waals surface area contributed by atoms with E-state index >= 15 is 0 Å². The number of hydrogen-bond donors (Lipinski definition) is 1. The smallest absolute Gasteiger partial charge is 0.253 e. The van der Waals surface area contributed by atoms with Crippen molar-refractivity contribution in [3.63, 3.8) is 0 Å². The maximum Gasteiger partial charge on any atom is 0.253 e. The number of rotatable bonds is 9. The van der Waals surface area contributed by atoms with Gasteiger partial charge in [-0.05, 0) is 57.2 Å². The van der Waals surface area contributed by atoms with Crippen molar-refractivity contribution >= 4 is 15.9 Å². The standard InChI is InChI=1S/C22H31N3O5S/c1-4-24(5-2)22(26)18-7-9-19(10-8-18)31(27,28)23-16-20(21-11-6-17(3)30-21)25-12-14-29-15-13-25/h6-11,20,23H,4-5,12-16H2,1-3H3. The molecule has 9 heteroatoms. The van der Waals surface area contributed by atoms with Crippen molar-refractivity contribution in [3.05, 3.63) is 53.5 Å². The van der Waals surface area contributed by atoms with E-state index in [2.05, 4.69) is 9.62 Å². The monoisotopic (exact) mass is 449 g/mol. The zero-order valence-electron chi connectivity index (χ0n) is 18.3. The fourth-order valence-corrected chi connectivity index (χ4v) is 4.71. The Labute approximate surface area is 184 Å². The first-order valence-corrected chi connectivity index (χ1v) is 12.1. The Hall–Kier alpha value is -2.20. The third kappa shape index (κ3) is 5.74. The number of benzene rings is 1. The second-order valence-electron chi connectivity index (χ2n) is 7.47. The van der Waals surface area contributed by atoms with Gasteiger partial charge in [0.1, 0.15) is 11.5 Å². The lowest BCUT2D eigenvalue weighted by molar-refractivity contribution is 0.0127. The molecule has 1 aliphatic heterocycles. The summed E-state index contributed by atoms with van der Waals surface area (Å²) in [4.78, 5) is 16.4. The Morgan fingerprint density at radius 1 is 1.10 bits per heavy atom. The van der Waals surface area contributed by atoms with Crippen molar-refractivity contribution in [3.8, 4) is 0 Å². The number of amides is 1. The van der Waals surface area contributed by atoms with Crippen LogP contribution in [0.5, 0.6) is 0 Å². The van der Waals surface area contributed by atoms with Gasteiger partial charge in [0.15, 0.2) is 0 Å². The van der Waals surface area contributed by atoms with Gasteiger partial charge in [0.2, 0.25) is 10.0 Å². The molecule has 31 heavy (non-hydrogen) atoms. The molecule has 0 radical (unpaired) electrons. The van der Waals surface area contributed by atoms with Crippen LogP contribution >= 0.6 is 0 Å². The third-order valence-corrected chi connectivity index (χ3v) is 6.94. The molecule has 1 atom stereocenters. The predicted octanol–water partition coefficient (Wildman–Crippen LogP) is 2.42. The zero-order valence-corrected chi connectivity index (χ0v) is 19.2. The second-order valence-corrected chi connectivity index (χ2v) is 9.23. The molecule has 0 bridgehead atoms. The summed E-state index contributed by atoms with van der Waals surface area (Å²) in [7, 11) is -3.74. The molecule has 0 spiro atoms. The van der Waals surface area contributed by atoms with Crippen LogP contribution < -0.4 is 4.72 Å². The van der Waals surface area contributed by atoms with E-state index in [1.54, 1.807) is 17.0 Å². The van der Waals surface area contributed by atoms with Crippen LogP contribution in [0.3, 0.4) is 0 Å². The number of ether oxygens (including phenoxy) is 1. The lowest BCUT2D eigenvalue weighted by Crippen LogP contribution is -2.43. The van der Waals surface area contributed by atoms with Gasteiger partial charge in [-0.1, -0.05) is 0 Å². The number of furan rings is 1. The number of carbonyl (C=O) groups excluding carboxylic acids is 1. The molecule has 1 N–H and O–H groups in total. The average Bonchev–Trinajstić information content (AvgIpc) is 3.21. The molecule has 1 aromatic heterocycles. The summed E-state index contributed by atoms with van der Waals surface area (Å²) in [6.45, 7) is 9.68. The van der Waals surface area contributed by atoms with Gasteiger partial charge in [-0.25, -0.2) is 13.1 Å². The number of carbonyl (C=O) groups is 1. The molecule has 1 aliphatic rings. The number of hydrogen-bond acceptors (Lipinski definition) is 6. The highest BCUT2D eigenvalue weighted by Crippen LogP contribution is 2.24. The van der Waals surface area contributed by atoms with Crippen molar-refractivity contribution in [2.24, 2.45) is 0 Å². The number of morpholine rings is 1. The number of nitrogens with zero attached hydrogens (tertiary/aromatic N) is 2. The van der Waals surface area contributed by atoms with E-state index in [4.69, 9.17) is 9.15 Å². The van der Waals surface area contributed by atoms with Crippen LogP contribution in [0.15, 0.2) is 45.7 Å². The first kappa shape index (κ1) is 23.5. The Kier molecular flexibility index (Phi) is 7.88. The van der Waals surface area contributed by atoms with Gasteiger partial charge in [0.25, 0.3) is 5.91 Å². The summed E-state index contributed by atoms with van der Waals surface area (Å²) in [5.41, 5.74) is 0.472. The lowest BCUT2D eigenvalue weighted by atomic mass is 10.2. The molecule has 3 rings (SSSR count). The van der Waals surface area contributed by atoms with Crippen LogP contribution in [0.1, 0.15) is 41.8 Å². The zero-order chi connectivity index (χ0) is 22.4. The van der Waals surface area contributed by atoms with Crippen LogP contribution in [0, 0.1) is 6.92 Å². The molecule has 8 nitrogen and oxygen atoms in total. The number of aryl methyl sites for hydroxylation is 1. The second kappa shape index (κ2) is 10.4. The largest absolute Gasteiger partial charge is 0.465 e. The van der Waals surface area contributed by atoms with E-state index in [9.17, 15) is 13.2 Å². The summed E-state index contributed by atoms with van der Waals surface area (Å²) in [6.07, 6.45) is 0. The highest BCUT2D eigenvalue weighted by Gasteiger charge is 2.27. The van der Waals surface area contributed by atoms with Gasteiger partial charge in [0.05, 0.1) is 24.2 Å². The van der Waals surface area contributed by atoms with Gasteiger partial charge in [0, 0.05) is 38.3 Å². The van der Waals surface area contributed by atoms with E-state index in [0.717, 1.165) is 11.5 Å². The van der Waals surface area contributed by atoms with Gasteiger partial charge in [-0.3, -0.25) is 9.69 Å². The molecule has 170 valence electrons. The van der Waals surface area contributed by atoms with Crippen molar-refractivity contribution in [1.29, 1.82) is 0 Å². The summed E-state index contributed by atoms with van der Waals surface area (Å²) in [6, 6.07) is 9.60. The molecule has 1 saturated heterocycles. The molecule has 0 saturated carbocycles. The van der Waals surface area contributed by atoms with Crippen molar-refractivity contribution < 1.29 is 22.4 Å². The minimum Gasteiger partial charge on any atom is -0.465 e. The summed E-state index contributed by atoms with van der Waals surface area (Å²) >= 11 is 0. The molecule has 1 aromatic carbocycles. The molecule has 1 fully saturated rings. The van der Waals surface area contributed by atoms with Gasteiger partial charge < -0.3 is 14.1 Å². The quantitative estimate of drug-likeness (QED) is 0.632. The van der Waals surface area contributed by atoms with E-state index < -0.39 is 10.0 Å². The SMILES string of the molecule is CCN(CC)C(=O)c1ccc(S(=O)(=O)NCC(c2ccc(C)o2)N2CCOCC2)cc1. The maximum absolute atomic E-state index is 12.9. The Morgan fingerprint density at radius 2 is 1.74 bits per heavy atom. The van der Waals surface area contributed by atoms with Crippen molar-refractivity contribution in [2.75, 3.05) is 45.9 Å². The summed E-state index contributed by atoms with van der Waals surface area (Å²) in [5.74, 6) is 1.40. The molecule has 1 amide bonds.